The monoisotopic (exact) mass is 299 g/mol. The van der Waals surface area contributed by atoms with Gasteiger partial charge in [-0.2, -0.15) is 0 Å². The zero-order valence-electron chi connectivity index (χ0n) is 13.6. The van der Waals surface area contributed by atoms with E-state index < -0.39 is 0 Å². The third-order valence-electron chi connectivity index (χ3n) is 3.47. The molecule has 0 saturated carbocycles. The van der Waals surface area contributed by atoms with E-state index in [1.807, 2.05) is 13.8 Å². The molecule has 5 nitrogen and oxygen atoms in total. The first-order valence-electron chi connectivity index (χ1n) is 8.05. The molecule has 0 N–H and O–H groups in total. The summed E-state index contributed by atoms with van der Waals surface area (Å²) in [6.45, 7) is 8.74. The number of esters is 2. The van der Waals surface area contributed by atoms with E-state index in [4.69, 9.17) is 9.47 Å². The summed E-state index contributed by atoms with van der Waals surface area (Å²) in [4.78, 5) is 25.4. The standard InChI is InChI=1S/C16H29NO4/c1-13(2)11-16(19)20-12-14(3)21-15(18)7-10-17-8-5-4-6-9-17/h13-14H,4-12H2,1-3H3. The molecule has 1 saturated heterocycles. The van der Waals surface area contributed by atoms with E-state index in [9.17, 15) is 9.59 Å². The molecule has 1 unspecified atom stereocenters. The highest BCUT2D eigenvalue weighted by molar-refractivity contribution is 5.70. The van der Waals surface area contributed by atoms with E-state index in [1.54, 1.807) is 6.92 Å². The minimum atomic E-state index is -0.380. The van der Waals surface area contributed by atoms with Crippen LogP contribution in [0.25, 0.3) is 0 Å². The Balaban J connectivity index is 2.10. The van der Waals surface area contributed by atoms with Gasteiger partial charge in [0, 0.05) is 13.0 Å². The number of ether oxygens (including phenoxy) is 2. The van der Waals surface area contributed by atoms with Crippen LogP contribution >= 0.6 is 0 Å². The predicted molar refractivity (Wildman–Crippen MR) is 80.9 cm³/mol. The van der Waals surface area contributed by atoms with E-state index >= 15 is 0 Å². The average Bonchev–Trinajstić information content (AvgIpc) is 2.43. The van der Waals surface area contributed by atoms with Gasteiger partial charge in [0.2, 0.25) is 0 Å². The van der Waals surface area contributed by atoms with Gasteiger partial charge < -0.3 is 14.4 Å². The molecule has 0 aromatic rings. The lowest BCUT2D eigenvalue weighted by Crippen LogP contribution is -2.32. The van der Waals surface area contributed by atoms with Crippen LogP contribution in [0.1, 0.15) is 52.9 Å². The maximum Gasteiger partial charge on any atom is 0.307 e. The van der Waals surface area contributed by atoms with Crippen LogP contribution in [-0.4, -0.2) is 49.2 Å². The van der Waals surface area contributed by atoms with Crippen molar-refractivity contribution in [2.75, 3.05) is 26.2 Å². The molecule has 1 rings (SSSR count). The molecule has 0 bridgehead atoms. The van der Waals surface area contributed by atoms with E-state index in [-0.39, 0.29) is 30.6 Å². The fourth-order valence-corrected chi connectivity index (χ4v) is 2.35. The molecule has 1 atom stereocenters. The van der Waals surface area contributed by atoms with E-state index in [2.05, 4.69) is 4.90 Å². The van der Waals surface area contributed by atoms with E-state index in [0.29, 0.717) is 12.8 Å². The number of carbonyl (C=O) groups excluding carboxylic acids is 2. The quantitative estimate of drug-likeness (QED) is 0.644. The Morgan fingerprint density at radius 2 is 1.71 bits per heavy atom. The zero-order valence-corrected chi connectivity index (χ0v) is 13.6. The van der Waals surface area contributed by atoms with Crippen molar-refractivity contribution in [1.29, 1.82) is 0 Å². The van der Waals surface area contributed by atoms with Gasteiger partial charge in [-0.3, -0.25) is 9.59 Å². The topological polar surface area (TPSA) is 55.8 Å². The van der Waals surface area contributed by atoms with Crippen LogP contribution in [0.3, 0.4) is 0 Å². The van der Waals surface area contributed by atoms with Crippen molar-refractivity contribution in [3.63, 3.8) is 0 Å². The normalized spacial score (nSPS) is 17.5. The number of hydrogen-bond donors (Lipinski definition) is 0. The largest absolute Gasteiger partial charge is 0.462 e. The molecule has 1 fully saturated rings. The Morgan fingerprint density at radius 1 is 1.05 bits per heavy atom. The van der Waals surface area contributed by atoms with Crippen LogP contribution in [0, 0.1) is 5.92 Å². The molecule has 1 aliphatic heterocycles. The summed E-state index contributed by atoms with van der Waals surface area (Å²) < 4.78 is 10.3. The van der Waals surface area contributed by atoms with Crippen molar-refractivity contribution in [3.05, 3.63) is 0 Å². The van der Waals surface area contributed by atoms with Gasteiger partial charge in [0.05, 0.1) is 6.42 Å². The van der Waals surface area contributed by atoms with Crippen molar-refractivity contribution < 1.29 is 19.1 Å². The lowest BCUT2D eigenvalue weighted by atomic mass is 10.1. The molecule has 122 valence electrons. The first-order chi connectivity index (χ1) is 9.97. The minimum absolute atomic E-state index is 0.140. The molecule has 0 spiro atoms. The maximum absolute atomic E-state index is 11.7. The first-order valence-corrected chi connectivity index (χ1v) is 8.05. The van der Waals surface area contributed by atoms with Gasteiger partial charge in [-0.25, -0.2) is 0 Å². The summed E-state index contributed by atoms with van der Waals surface area (Å²) in [5.74, 6) is -0.172. The smallest absolute Gasteiger partial charge is 0.307 e. The second-order valence-electron chi connectivity index (χ2n) is 6.23. The Morgan fingerprint density at radius 3 is 2.33 bits per heavy atom. The minimum Gasteiger partial charge on any atom is -0.462 e. The molecule has 0 aromatic heterocycles. The number of carbonyl (C=O) groups is 2. The molecule has 0 aromatic carbocycles. The van der Waals surface area contributed by atoms with Gasteiger partial charge >= 0.3 is 11.9 Å². The molecule has 1 heterocycles. The fraction of sp³-hybridized carbons (Fsp3) is 0.875. The van der Waals surface area contributed by atoms with E-state index in [1.165, 1.54) is 19.3 Å². The number of hydrogen-bond acceptors (Lipinski definition) is 5. The SMILES string of the molecule is CC(C)CC(=O)OCC(C)OC(=O)CCN1CCCCC1. The van der Waals surface area contributed by atoms with Crippen LogP contribution in [0.2, 0.25) is 0 Å². The molecular weight excluding hydrogens is 270 g/mol. The zero-order chi connectivity index (χ0) is 15.7. The van der Waals surface area contributed by atoms with Crippen LogP contribution in [-0.2, 0) is 19.1 Å². The average molecular weight is 299 g/mol. The van der Waals surface area contributed by atoms with Gasteiger partial charge in [0.1, 0.15) is 12.7 Å². The Bertz CT molecular complexity index is 324. The third-order valence-corrected chi connectivity index (χ3v) is 3.47. The lowest BCUT2D eigenvalue weighted by molar-refractivity contribution is -0.158. The Kier molecular flexibility index (Phi) is 8.35. The molecule has 5 heteroatoms. The van der Waals surface area contributed by atoms with Crippen molar-refractivity contribution in [1.82, 2.24) is 4.90 Å². The molecule has 0 amide bonds. The van der Waals surface area contributed by atoms with Crippen LogP contribution in [0.15, 0.2) is 0 Å². The van der Waals surface area contributed by atoms with Crippen LogP contribution in [0.5, 0.6) is 0 Å². The number of nitrogens with zero attached hydrogens (tertiary/aromatic N) is 1. The summed E-state index contributed by atoms with van der Waals surface area (Å²) in [6, 6.07) is 0. The van der Waals surface area contributed by atoms with Gasteiger partial charge in [0.25, 0.3) is 0 Å². The van der Waals surface area contributed by atoms with Crippen molar-refractivity contribution >= 4 is 11.9 Å². The molecule has 21 heavy (non-hydrogen) atoms. The van der Waals surface area contributed by atoms with Crippen molar-refractivity contribution in [2.45, 2.75) is 59.0 Å². The van der Waals surface area contributed by atoms with Gasteiger partial charge in [0.15, 0.2) is 0 Å². The summed E-state index contributed by atoms with van der Waals surface area (Å²) in [7, 11) is 0. The predicted octanol–water partition coefficient (Wildman–Crippen LogP) is 2.38. The molecule has 0 aliphatic carbocycles. The fourth-order valence-electron chi connectivity index (χ4n) is 2.35. The van der Waals surface area contributed by atoms with Crippen molar-refractivity contribution in [3.8, 4) is 0 Å². The van der Waals surface area contributed by atoms with Crippen LogP contribution < -0.4 is 0 Å². The maximum atomic E-state index is 11.7. The lowest BCUT2D eigenvalue weighted by Gasteiger charge is -2.26. The number of piperidine rings is 1. The highest BCUT2D eigenvalue weighted by atomic mass is 16.6. The number of rotatable bonds is 8. The third kappa shape index (κ3) is 8.71. The Labute approximate surface area is 128 Å². The molecular formula is C16H29NO4. The summed E-state index contributed by atoms with van der Waals surface area (Å²) in [5, 5.41) is 0. The highest BCUT2D eigenvalue weighted by Crippen LogP contribution is 2.09. The summed E-state index contributed by atoms with van der Waals surface area (Å²) in [5.41, 5.74) is 0. The second-order valence-corrected chi connectivity index (χ2v) is 6.23. The van der Waals surface area contributed by atoms with Crippen molar-refractivity contribution in [2.24, 2.45) is 5.92 Å². The summed E-state index contributed by atoms with van der Waals surface area (Å²) in [6.07, 6.45) is 4.16. The number of likely N-dealkylation sites (tertiary alicyclic amines) is 1. The highest BCUT2D eigenvalue weighted by Gasteiger charge is 2.15. The Hall–Kier alpha value is -1.10. The van der Waals surface area contributed by atoms with Gasteiger partial charge in [-0.05, 0) is 38.8 Å². The van der Waals surface area contributed by atoms with Gasteiger partial charge in [-0.1, -0.05) is 20.3 Å². The second kappa shape index (κ2) is 9.77. The first kappa shape index (κ1) is 18.0. The molecule has 0 radical (unpaired) electrons. The molecule has 1 aliphatic rings. The van der Waals surface area contributed by atoms with Crippen LogP contribution in [0.4, 0.5) is 0 Å². The van der Waals surface area contributed by atoms with E-state index in [0.717, 1.165) is 19.6 Å². The summed E-state index contributed by atoms with van der Waals surface area (Å²) >= 11 is 0. The van der Waals surface area contributed by atoms with Gasteiger partial charge in [-0.15, -0.1) is 0 Å².